The number of benzene rings is 2. The van der Waals surface area contributed by atoms with Crippen molar-refractivity contribution in [2.24, 2.45) is 0 Å². The Kier molecular flexibility index (Phi) is 4.44. The van der Waals surface area contributed by atoms with Crippen molar-refractivity contribution in [2.45, 2.75) is 12.0 Å². The third-order valence-corrected chi connectivity index (χ3v) is 5.71. The second-order valence-electron chi connectivity index (χ2n) is 7.38. The van der Waals surface area contributed by atoms with E-state index in [1.165, 1.54) is 24.3 Å². The first-order valence-electron chi connectivity index (χ1n) is 9.10. The number of para-hydroxylation sites is 1. The number of likely N-dealkylation sites (tertiary alicyclic amines) is 1. The van der Waals surface area contributed by atoms with Gasteiger partial charge in [0.2, 0.25) is 5.91 Å². The van der Waals surface area contributed by atoms with Gasteiger partial charge in [-0.3, -0.25) is 14.5 Å². The molecule has 1 unspecified atom stereocenters. The van der Waals surface area contributed by atoms with Crippen LogP contribution in [-0.4, -0.2) is 60.4 Å². The summed E-state index contributed by atoms with van der Waals surface area (Å²) in [6.45, 7) is 2.06. The summed E-state index contributed by atoms with van der Waals surface area (Å²) in [5.41, 5.74) is 1.11. The Morgan fingerprint density at radius 1 is 1.04 bits per heavy atom. The molecule has 0 aromatic heterocycles. The molecule has 2 aliphatic heterocycles. The summed E-state index contributed by atoms with van der Waals surface area (Å²) in [5.74, 6) is -0.380. The molecule has 2 aromatic rings. The lowest BCUT2D eigenvalue weighted by atomic mass is 9.92. The molecule has 4 rings (SSSR count). The fourth-order valence-electron chi connectivity index (χ4n) is 4.05. The van der Waals surface area contributed by atoms with Crippen LogP contribution < -0.4 is 4.90 Å². The first-order valence-corrected chi connectivity index (χ1v) is 9.10. The predicted molar refractivity (Wildman–Crippen MR) is 101 cm³/mol. The van der Waals surface area contributed by atoms with Gasteiger partial charge in [-0.1, -0.05) is 18.2 Å². The molecule has 140 valence electrons. The SMILES string of the molecule is CN1CC(=O)N(c2ccccc2)CC12CCN(C(=O)c1ccc(F)cc1)C2. The Bertz CT molecular complexity index is 855. The molecule has 1 spiro atoms. The van der Waals surface area contributed by atoms with Gasteiger partial charge in [0.15, 0.2) is 0 Å². The van der Waals surface area contributed by atoms with E-state index in [1.54, 1.807) is 0 Å². The standard InChI is InChI=1S/C21H22FN3O2/c1-23-13-19(26)25(18-5-3-2-4-6-18)15-21(23)11-12-24(14-21)20(27)16-7-9-17(22)10-8-16/h2-10H,11-15H2,1H3. The number of piperazine rings is 1. The minimum absolute atomic E-state index is 0.0673. The van der Waals surface area contributed by atoms with Gasteiger partial charge in [-0.15, -0.1) is 0 Å². The van der Waals surface area contributed by atoms with E-state index in [1.807, 2.05) is 47.2 Å². The van der Waals surface area contributed by atoms with Crippen LogP contribution >= 0.6 is 0 Å². The van der Waals surface area contributed by atoms with Crippen molar-refractivity contribution < 1.29 is 14.0 Å². The number of anilines is 1. The van der Waals surface area contributed by atoms with Crippen LogP contribution in [0.2, 0.25) is 0 Å². The third kappa shape index (κ3) is 3.21. The molecular formula is C21H22FN3O2. The number of rotatable bonds is 2. The first-order chi connectivity index (χ1) is 13.0. The molecule has 2 heterocycles. The number of amides is 2. The third-order valence-electron chi connectivity index (χ3n) is 5.71. The minimum Gasteiger partial charge on any atom is -0.337 e. The number of carbonyl (C=O) groups excluding carboxylic acids is 2. The van der Waals surface area contributed by atoms with Crippen molar-refractivity contribution in [3.05, 3.63) is 66.0 Å². The topological polar surface area (TPSA) is 43.9 Å². The molecule has 2 saturated heterocycles. The molecule has 0 aliphatic carbocycles. The van der Waals surface area contributed by atoms with Gasteiger partial charge in [0, 0.05) is 30.9 Å². The van der Waals surface area contributed by atoms with Crippen LogP contribution in [0, 0.1) is 5.82 Å². The van der Waals surface area contributed by atoms with Crippen LogP contribution in [0.15, 0.2) is 54.6 Å². The van der Waals surface area contributed by atoms with E-state index in [0.29, 0.717) is 31.7 Å². The molecule has 0 N–H and O–H groups in total. The summed E-state index contributed by atoms with van der Waals surface area (Å²) in [5, 5.41) is 0. The highest BCUT2D eigenvalue weighted by Gasteiger charge is 2.48. The van der Waals surface area contributed by atoms with Crippen LogP contribution in [0.3, 0.4) is 0 Å². The van der Waals surface area contributed by atoms with Crippen molar-refractivity contribution >= 4 is 17.5 Å². The molecule has 0 radical (unpaired) electrons. The lowest BCUT2D eigenvalue weighted by Gasteiger charge is -2.46. The van der Waals surface area contributed by atoms with Gasteiger partial charge in [-0.05, 0) is 49.9 Å². The number of hydrogen-bond donors (Lipinski definition) is 0. The Morgan fingerprint density at radius 3 is 2.44 bits per heavy atom. The van der Waals surface area contributed by atoms with E-state index < -0.39 is 0 Å². The second-order valence-corrected chi connectivity index (χ2v) is 7.38. The van der Waals surface area contributed by atoms with Crippen molar-refractivity contribution in [1.82, 2.24) is 9.80 Å². The lowest BCUT2D eigenvalue weighted by molar-refractivity contribution is -0.123. The maximum atomic E-state index is 13.1. The molecule has 2 amide bonds. The number of nitrogens with zero attached hydrogens (tertiary/aromatic N) is 3. The van der Waals surface area contributed by atoms with Crippen LogP contribution in [0.1, 0.15) is 16.8 Å². The van der Waals surface area contributed by atoms with Gasteiger partial charge in [0.1, 0.15) is 5.82 Å². The molecule has 1 atom stereocenters. The second kappa shape index (κ2) is 6.78. The molecule has 6 heteroatoms. The summed E-state index contributed by atoms with van der Waals surface area (Å²) >= 11 is 0. The van der Waals surface area contributed by atoms with Gasteiger partial charge < -0.3 is 9.80 Å². The van der Waals surface area contributed by atoms with Crippen molar-refractivity contribution in [1.29, 1.82) is 0 Å². The average Bonchev–Trinajstić information content (AvgIpc) is 3.11. The van der Waals surface area contributed by atoms with Crippen molar-refractivity contribution in [3.8, 4) is 0 Å². The first kappa shape index (κ1) is 17.7. The highest BCUT2D eigenvalue weighted by molar-refractivity contribution is 5.96. The zero-order chi connectivity index (χ0) is 19.0. The van der Waals surface area contributed by atoms with E-state index >= 15 is 0 Å². The number of hydrogen-bond acceptors (Lipinski definition) is 3. The Balaban J connectivity index is 1.55. The average molecular weight is 367 g/mol. The highest BCUT2D eigenvalue weighted by Crippen LogP contribution is 2.34. The Labute approximate surface area is 158 Å². The fourth-order valence-corrected chi connectivity index (χ4v) is 4.05. The monoisotopic (exact) mass is 367 g/mol. The maximum Gasteiger partial charge on any atom is 0.253 e. The summed E-state index contributed by atoms with van der Waals surface area (Å²) in [6, 6.07) is 15.3. The number of carbonyl (C=O) groups is 2. The Morgan fingerprint density at radius 2 is 1.74 bits per heavy atom. The normalized spacial score (nSPS) is 23.3. The molecule has 5 nitrogen and oxygen atoms in total. The largest absolute Gasteiger partial charge is 0.337 e. The van der Waals surface area contributed by atoms with Gasteiger partial charge in [0.25, 0.3) is 5.91 Å². The summed E-state index contributed by atoms with van der Waals surface area (Å²) in [4.78, 5) is 31.1. The van der Waals surface area contributed by atoms with Gasteiger partial charge in [-0.25, -0.2) is 4.39 Å². The maximum absolute atomic E-state index is 13.1. The van der Waals surface area contributed by atoms with Crippen LogP contribution in [0.5, 0.6) is 0 Å². The fraction of sp³-hybridized carbons (Fsp3) is 0.333. The zero-order valence-corrected chi connectivity index (χ0v) is 15.3. The van der Waals surface area contributed by atoms with E-state index in [-0.39, 0.29) is 23.2 Å². The highest BCUT2D eigenvalue weighted by atomic mass is 19.1. The number of likely N-dealkylation sites (N-methyl/N-ethyl adjacent to an activating group) is 1. The quantitative estimate of drug-likeness (QED) is 0.819. The van der Waals surface area contributed by atoms with Crippen molar-refractivity contribution in [3.63, 3.8) is 0 Å². The molecular weight excluding hydrogens is 345 g/mol. The van der Waals surface area contributed by atoms with Crippen LogP contribution in [-0.2, 0) is 4.79 Å². The zero-order valence-electron chi connectivity index (χ0n) is 15.3. The smallest absolute Gasteiger partial charge is 0.253 e. The molecule has 0 saturated carbocycles. The number of halogens is 1. The van der Waals surface area contributed by atoms with Gasteiger partial charge in [-0.2, -0.15) is 0 Å². The molecule has 2 aliphatic rings. The van der Waals surface area contributed by atoms with E-state index in [4.69, 9.17) is 0 Å². The minimum atomic E-state index is -0.353. The summed E-state index contributed by atoms with van der Waals surface area (Å²) < 4.78 is 13.1. The lowest BCUT2D eigenvalue weighted by Crippen LogP contribution is -2.64. The van der Waals surface area contributed by atoms with E-state index in [9.17, 15) is 14.0 Å². The van der Waals surface area contributed by atoms with Crippen LogP contribution in [0.25, 0.3) is 0 Å². The van der Waals surface area contributed by atoms with E-state index in [2.05, 4.69) is 4.90 Å². The Hall–Kier alpha value is -2.73. The molecule has 2 fully saturated rings. The summed E-state index contributed by atoms with van der Waals surface area (Å²) in [6.07, 6.45) is 0.799. The summed E-state index contributed by atoms with van der Waals surface area (Å²) in [7, 11) is 1.95. The van der Waals surface area contributed by atoms with Gasteiger partial charge in [0.05, 0.1) is 12.1 Å². The molecule has 2 aromatic carbocycles. The van der Waals surface area contributed by atoms with Gasteiger partial charge >= 0.3 is 0 Å². The van der Waals surface area contributed by atoms with E-state index in [0.717, 1.165) is 12.1 Å². The molecule has 27 heavy (non-hydrogen) atoms. The molecule has 0 bridgehead atoms. The van der Waals surface area contributed by atoms with Crippen molar-refractivity contribution in [2.75, 3.05) is 38.1 Å². The van der Waals surface area contributed by atoms with Crippen LogP contribution in [0.4, 0.5) is 10.1 Å². The predicted octanol–water partition coefficient (Wildman–Crippen LogP) is 2.39.